The number of pyridine rings is 1. The van der Waals surface area contributed by atoms with Crippen molar-refractivity contribution in [1.82, 2.24) is 10.3 Å². The standard InChI is InChI=1S/C12H15N3O3/c1-18-11-5-4-9(6-13-11)15-10(16)7-14-12(17)8-2-3-8/h4-6,8H,2-3,7H2,1H3,(H,14,17)(H,15,16). The van der Waals surface area contributed by atoms with Gasteiger partial charge in [0.25, 0.3) is 0 Å². The van der Waals surface area contributed by atoms with E-state index in [1.807, 2.05) is 0 Å². The van der Waals surface area contributed by atoms with E-state index >= 15 is 0 Å². The number of rotatable bonds is 5. The lowest BCUT2D eigenvalue weighted by atomic mass is 10.3. The first-order valence-corrected chi connectivity index (χ1v) is 5.76. The number of anilines is 1. The number of ether oxygens (including phenoxy) is 1. The van der Waals surface area contributed by atoms with Crippen molar-refractivity contribution in [2.24, 2.45) is 5.92 Å². The van der Waals surface area contributed by atoms with Crippen molar-refractivity contribution in [3.63, 3.8) is 0 Å². The number of hydrogen-bond donors (Lipinski definition) is 2. The third-order valence-electron chi connectivity index (χ3n) is 2.60. The van der Waals surface area contributed by atoms with Gasteiger partial charge >= 0.3 is 0 Å². The van der Waals surface area contributed by atoms with Crippen LogP contribution >= 0.6 is 0 Å². The lowest BCUT2D eigenvalue weighted by molar-refractivity contribution is -0.125. The van der Waals surface area contributed by atoms with E-state index in [1.165, 1.54) is 13.3 Å². The van der Waals surface area contributed by atoms with Crippen LogP contribution < -0.4 is 15.4 Å². The molecule has 1 aliphatic carbocycles. The van der Waals surface area contributed by atoms with E-state index in [4.69, 9.17) is 4.74 Å². The lowest BCUT2D eigenvalue weighted by Crippen LogP contribution is -2.33. The van der Waals surface area contributed by atoms with Gasteiger partial charge in [0, 0.05) is 12.0 Å². The maximum absolute atomic E-state index is 11.5. The second-order valence-corrected chi connectivity index (χ2v) is 4.13. The smallest absolute Gasteiger partial charge is 0.243 e. The molecule has 0 aliphatic heterocycles. The largest absolute Gasteiger partial charge is 0.481 e. The number of nitrogens with zero attached hydrogens (tertiary/aromatic N) is 1. The van der Waals surface area contributed by atoms with Crippen molar-refractivity contribution in [3.05, 3.63) is 18.3 Å². The zero-order valence-corrected chi connectivity index (χ0v) is 10.1. The number of amides is 2. The lowest BCUT2D eigenvalue weighted by Gasteiger charge is -2.06. The summed E-state index contributed by atoms with van der Waals surface area (Å²) in [6.07, 6.45) is 3.35. The third-order valence-corrected chi connectivity index (χ3v) is 2.60. The Morgan fingerprint density at radius 2 is 2.22 bits per heavy atom. The molecule has 1 fully saturated rings. The van der Waals surface area contributed by atoms with Crippen LogP contribution in [0, 0.1) is 5.92 Å². The Kier molecular flexibility index (Phi) is 3.76. The summed E-state index contributed by atoms with van der Waals surface area (Å²) >= 11 is 0. The average Bonchev–Trinajstić information content (AvgIpc) is 3.21. The highest BCUT2D eigenvalue weighted by molar-refractivity contribution is 5.94. The number of nitrogens with one attached hydrogen (secondary N) is 2. The van der Waals surface area contributed by atoms with Crippen LogP contribution in [0.15, 0.2) is 18.3 Å². The Hall–Kier alpha value is -2.11. The highest BCUT2D eigenvalue weighted by atomic mass is 16.5. The number of hydrogen-bond acceptors (Lipinski definition) is 4. The Bertz CT molecular complexity index is 440. The van der Waals surface area contributed by atoms with E-state index in [0.717, 1.165) is 12.8 Å². The number of methoxy groups -OCH3 is 1. The zero-order chi connectivity index (χ0) is 13.0. The molecule has 2 N–H and O–H groups in total. The molecule has 1 saturated carbocycles. The van der Waals surface area contributed by atoms with E-state index < -0.39 is 0 Å². The summed E-state index contributed by atoms with van der Waals surface area (Å²) in [5.41, 5.74) is 0.571. The molecule has 1 aromatic heterocycles. The molecule has 6 nitrogen and oxygen atoms in total. The van der Waals surface area contributed by atoms with Crippen molar-refractivity contribution in [2.75, 3.05) is 19.0 Å². The molecule has 1 heterocycles. The first-order valence-electron chi connectivity index (χ1n) is 5.76. The number of carbonyl (C=O) groups excluding carboxylic acids is 2. The minimum Gasteiger partial charge on any atom is -0.481 e. The van der Waals surface area contributed by atoms with Gasteiger partial charge in [0.15, 0.2) is 0 Å². The van der Waals surface area contributed by atoms with Gasteiger partial charge in [-0.2, -0.15) is 0 Å². The fourth-order valence-corrected chi connectivity index (χ4v) is 1.44. The van der Waals surface area contributed by atoms with Gasteiger partial charge in [-0.05, 0) is 18.9 Å². The van der Waals surface area contributed by atoms with Gasteiger partial charge in [-0.3, -0.25) is 9.59 Å². The first kappa shape index (κ1) is 12.3. The van der Waals surface area contributed by atoms with Gasteiger partial charge in [-0.15, -0.1) is 0 Å². The monoisotopic (exact) mass is 249 g/mol. The molecule has 2 rings (SSSR count). The van der Waals surface area contributed by atoms with Crippen LogP contribution in [0.3, 0.4) is 0 Å². The molecule has 0 atom stereocenters. The second-order valence-electron chi connectivity index (χ2n) is 4.13. The van der Waals surface area contributed by atoms with Gasteiger partial charge < -0.3 is 15.4 Å². The summed E-state index contributed by atoms with van der Waals surface area (Å²) in [5, 5.41) is 5.23. The van der Waals surface area contributed by atoms with E-state index in [1.54, 1.807) is 12.1 Å². The minimum absolute atomic E-state index is 0.0125. The normalized spacial score (nSPS) is 13.8. The molecule has 18 heavy (non-hydrogen) atoms. The Morgan fingerprint density at radius 1 is 1.44 bits per heavy atom. The summed E-state index contributed by atoms with van der Waals surface area (Å²) in [7, 11) is 1.52. The number of aromatic nitrogens is 1. The molecule has 0 spiro atoms. The van der Waals surface area contributed by atoms with Crippen LogP contribution in [-0.2, 0) is 9.59 Å². The van der Waals surface area contributed by atoms with Crippen molar-refractivity contribution >= 4 is 17.5 Å². The van der Waals surface area contributed by atoms with E-state index in [2.05, 4.69) is 15.6 Å². The molecule has 6 heteroatoms. The summed E-state index contributed by atoms with van der Waals surface area (Å²) < 4.78 is 4.91. The van der Waals surface area contributed by atoms with Gasteiger partial charge in [-0.25, -0.2) is 4.98 Å². The van der Waals surface area contributed by atoms with Crippen LogP contribution in [0.4, 0.5) is 5.69 Å². The van der Waals surface area contributed by atoms with Crippen molar-refractivity contribution in [3.8, 4) is 5.88 Å². The van der Waals surface area contributed by atoms with Crippen molar-refractivity contribution in [1.29, 1.82) is 0 Å². The maximum atomic E-state index is 11.5. The fourth-order valence-electron chi connectivity index (χ4n) is 1.44. The van der Waals surface area contributed by atoms with Gasteiger partial charge in [0.2, 0.25) is 17.7 Å². The van der Waals surface area contributed by atoms with Crippen molar-refractivity contribution in [2.45, 2.75) is 12.8 Å². The van der Waals surface area contributed by atoms with E-state index in [9.17, 15) is 9.59 Å². The predicted molar refractivity (Wildman–Crippen MR) is 65.2 cm³/mol. The topological polar surface area (TPSA) is 80.3 Å². The van der Waals surface area contributed by atoms with Gasteiger partial charge in [0.05, 0.1) is 25.5 Å². The van der Waals surface area contributed by atoms with Crippen LogP contribution in [0.2, 0.25) is 0 Å². The Labute approximate surface area is 105 Å². The molecule has 1 aliphatic rings. The molecule has 96 valence electrons. The zero-order valence-electron chi connectivity index (χ0n) is 10.1. The van der Waals surface area contributed by atoms with Crippen molar-refractivity contribution < 1.29 is 14.3 Å². The second kappa shape index (κ2) is 5.48. The molecule has 0 aromatic carbocycles. The van der Waals surface area contributed by atoms with Crippen LogP contribution in [0.5, 0.6) is 5.88 Å². The quantitative estimate of drug-likeness (QED) is 0.798. The SMILES string of the molecule is COc1ccc(NC(=O)CNC(=O)C2CC2)cn1. The van der Waals surface area contributed by atoms with Crippen LogP contribution in [0.25, 0.3) is 0 Å². The molecule has 0 saturated heterocycles. The molecule has 2 amide bonds. The van der Waals surface area contributed by atoms with Gasteiger partial charge in [0.1, 0.15) is 0 Å². The Morgan fingerprint density at radius 3 is 2.78 bits per heavy atom. The first-order chi connectivity index (χ1) is 8.69. The minimum atomic E-state index is -0.268. The highest BCUT2D eigenvalue weighted by Crippen LogP contribution is 2.28. The van der Waals surface area contributed by atoms with E-state index in [-0.39, 0.29) is 24.3 Å². The highest BCUT2D eigenvalue weighted by Gasteiger charge is 2.29. The maximum Gasteiger partial charge on any atom is 0.243 e. The van der Waals surface area contributed by atoms with E-state index in [0.29, 0.717) is 11.6 Å². The summed E-state index contributed by atoms with van der Waals surface area (Å²) in [5.74, 6) is 0.282. The Balaban J connectivity index is 1.77. The summed E-state index contributed by atoms with van der Waals surface area (Å²) in [4.78, 5) is 26.8. The molecular weight excluding hydrogens is 234 g/mol. The summed E-state index contributed by atoms with van der Waals surface area (Å²) in [6.45, 7) is -0.0125. The molecular formula is C12H15N3O3. The third kappa shape index (κ3) is 3.44. The molecule has 0 unspecified atom stereocenters. The predicted octanol–water partition coefficient (Wildman–Crippen LogP) is 0.555. The average molecular weight is 249 g/mol. The van der Waals surface area contributed by atoms with Crippen LogP contribution in [-0.4, -0.2) is 30.5 Å². The summed E-state index contributed by atoms with van der Waals surface area (Å²) in [6, 6.07) is 3.34. The molecule has 0 bridgehead atoms. The molecule has 0 radical (unpaired) electrons. The van der Waals surface area contributed by atoms with Gasteiger partial charge in [-0.1, -0.05) is 0 Å². The number of carbonyl (C=O) groups is 2. The molecule has 1 aromatic rings. The fraction of sp³-hybridized carbons (Fsp3) is 0.417. The van der Waals surface area contributed by atoms with Crippen LogP contribution in [0.1, 0.15) is 12.8 Å².